The van der Waals surface area contributed by atoms with Crippen LogP contribution in [0.4, 0.5) is 21.7 Å². The molecule has 1 amide bonds. The summed E-state index contributed by atoms with van der Waals surface area (Å²) in [4.78, 5) is 24.7. The van der Waals surface area contributed by atoms with Gasteiger partial charge >= 0.3 is 0 Å². The minimum atomic E-state index is -0.720. The minimum absolute atomic E-state index is 0.00693. The maximum Gasteiger partial charge on any atom is 0.271 e. The predicted octanol–water partition coefficient (Wildman–Crippen LogP) is 3.38. The molecule has 2 fully saturated rings. The van der Waals surface area contributed by atoms with Crippen LogP contribution in [-0.2, 0) is 4.79 Å². The number of piperidine rings is 1. The fraction of sp³-hybridized carbons (Fsp3) is 0.500. The van der Waals surface area contributed by atoms with Gasteiger partial charge in [0, 0.05) is 31.3 Å². The second-order valence-corrected chi connectivity index (χ2v) is 8.13. The van der Waals surface area contributed by atoms with Crippen molar-refractivity contribution in [3.8, 4) is 0 Å². The van der Waals surface area contributed by atoms with Crippen molar-refractivity contribution in [2.75, 3.05) is 29.1 Å². The quantitative estimate of drug-likeness (QED) is 0.416. The second-order valence-electron chi connectivity index (χ2n) is 7.19. The van der Waals surface area contributed by atoms with Gasteiger partial charge in [-0.1, -0.05) is 11.8 Å². The first-order valence-corrected chi connectivity index (χ1v) is 10.6. The van der Waals surface area contributed by atoms with E-state index in [9.17, 15) is 19.3 Å². The average molecular weight is 420 g/mol. The van der Waals surface area contributed by atoms with E-state index in [0.717, 1.165) is 62.9 Å². The maximum atomic E-state index is 13.9. The third-order valence-electron chi connectivity index (χ3n) is 4.96. The minimum Gasteiger partial charge on any atom is -0.341 e. The SMILES string of the molecule is O=C(CSc1nnc(N2CCCCC2)n1C1CC1)Nc1cc([N+](=O)[O-])ccc1F. The van der Waals surface area contributed by atoms with Gasteiger partial charge in [-0.2, -0.15) is 0 Å². The van der Waals surface area contributed by atoms with Gasteiger partial charge in [0.25, 0.3) is 5.69 Å². The number of non-ortho nitro benzene ring substituents is 1. The molecule has 1 aliphatic heterocycles. The summed E-state index contributed by atoms with van der Waals surface area (Å²) in [5.74, 6) is -0.311. The van der Waals surface area contributed by atoms with Crippen LogP contribution in [0.3, 0.4) is 0 Å². The van der Waals surface area contributed by atoms with E-state index in [4.69, 9.17) is 0 Å². The molecule has 1 N–H and O–H groups in total. The molecular weight excluding hydrogens is 399 g/mol. The third-order valence-corrected chi connectivity index (χ3v) is 5.91. The smallest absolute Gasteiger partial charge is 0.271 e. The Morgan fingerprint density at radius 2 is 2.03 bits per heavy atom. The Hall–Kier alpha value is -2.69. The monoisotopic (exact) mass is 420 g/mol. The van der Waals surface area contributed by atoms with Crippen LogP contribution in [0.1, 0.15) is 38.1 Å². The zero-order valence-corrected chi connectivity index (χ0v) is 16.5. The predicted molar refractivity (Wildman–Crippen MR) is 107 cm³/mol. The molecule has 1 saturated carbocycles. The Kier molecular flexibility index (Phi) is 5.65. The highest BCUT2D eigenvalue weighted by Crippen LogP contribution is 2.41. The molecule has 0 spiro atoms. The summed E-state index contributed by atoms with van der Waals surface area (Å²) >= 11 is 1.24. The molecule has 2 aromatic rings. The summed E-state index contributed by atoms with van der Waals surface area (Å²) in [5, 5.41) is 22.6. The van der Waals surface area contributed by atoms with Crippen molar-refractivity contribution in [1.82, 2.24) is 14.8 Å². The van der Waals surface area contributed by atoms with E-state index in [1.54, 1.807) is 0 Å². The lowest BCUT2D eigenvalue weighted by Crippen LogP contribution is -2.32. The molecule has 0 unspecified atom stereocenters. The zero-order valence-electron chi connectivity index (χ0n) is 15.7. The van der Waals surface area contributed by atoms with Gasteiger partial charge in [-0.3, -0.25) is 19.5 Å². The topological polar surface area (TPSA) is 106 Å². The number of nitrogens with zero attached hydrogens (tertiary/aromatic N) is 5. The van der Waals surface area contributed by atoms with Gasteiger partial charge in [0.15, 0.2) is 5.16 Å². The maximum absolute atomic E-state index is 13.9. The van der Waals surface area contributed by atoms with E-state index in [1.807, 2.05) is 0 Å². The number of nitro groups is 1. The summed E-state index contributed by atoms with van der Waals surface area (Å²) in [5.41, 5.74) is -0.489. The highest BCUT2D eigenvalue weighted by atomic mass is 32.2. The summed E-state index contributed by atoms with van der Waals surface area (Å²) in [6.45, 7) is 1.92. The molecular formula is C18H21FN6O3S. The summed E-state index contributed by atoms with van der Waals surface area (Å²) in [6.07, 6.45) is 5.63. The Morgan fingerprint density at radius 1 is 1.28 bits per heavy atom. The van der Waals surface area contributed by atoms with Crippen LogP contribution in [0, 0.1) is 15.9 Å². The van der Waals surface area contributed by atoms with Crippen molar-refractivity contribution < 1.29 is 14.1 Å². The Balaban J connectivity index is 1.43. The number of carbonyl (C=O) groups is 1. The van der Waals surface area contributed by atoms with Crippen LogP contribution >= 0.6 is 11.8 Å². The van der Waals surface area contributed by atoms with Crippen LogP contribution in [0.5, 0.6) is 0 Å². The molecule has 29 heavy (non-hydrogen) atoms. The lowest BCUT2D eigenvalue weighted by molar-refractivity contribution is -0.384. The standard InChI is InChI=1S/C18H21FN6O3S/c19-14-7-6-13(25(27)28)10-15(14)20-16(26)11-29-18-22-21-17(24(18)12-4-5-12)23-8-2-1-3-9-23/h6-7,10,12H,1-5,8-9,11H2,(H,20,26). The van der Waals surface area contributed by atoms with Crippen molar-refractivity contribution in [3.05, 3.63) is 34.1 Å². The number of nitrogens with one attached hydrogen (secondary N) is 1. The summed E-state index contributed by atoms with van der Waals surface area (Å²) in [7, 11) is 0. The van der Waals surface area contributed by atoms with Gasteiger partial charge in [0.05, 0.1) is 16.4 Å². The highest BCUT2D eigenvalue weighted by Gasteiger charge is 2.32. The number of carbonyl (C=O) groups excluding carboxylic acids is 1. The number of hydrogen-bond donors (Lipinski definition) is 1. The number of anilines is 2. The van der Waals surface area contributed by atoms with Gasteiger partial charge in [-0.05, 0) is 38.2 Å². The fourth-order valence-electron chi connectivity index (χ4n) is 3.37. The number of nitro benzene ring substituents is 1. The molecule has 0 atom stereocenters. The molecule has 2 aliphatic rings. The first-order valence-electron chi connectivity index (χ1n) is 9.59. The number of amides is 1. The number of benzene rings is 1. The number of aromatic nitrogens is 3. The molecule has 154 valence electrons. The molecule has 9 nitrogen and oxygen atoms in total. The first kappa shape index (κ1) is 19.6. The summed E-state index contributed by atoms with van der Waals surface area (Å²) in [6, 6.07) is 3.40. The van der Waals surface area contributed by atoms with E-state index >= 15 is 0 Å². The molecule has 1 aromatic carbocycles. The van der Waals surface area contributed by atoms with Gasteiger partial charge in [0.1, 0.15) is 5.82 Å². The van der Waals surface area contributed by atoms with Gasteiger partial charge in [-0.25, -0.2) is 4.39 Å². The second kappa shape index (κ2) is 8.36. The molecule has 0 bridgehead atoms. The summed E-state index contributed by atoms with van der Waals surface area (Å²) < 4.78 is 16.0. The average Bonchev–Trinajstić information content (AvgIpc) is 3.47. The van der Waals surface area contributed by atoms with E-state index in [0.29, 0.717) is 11.2 Å². The van der Waals surface area contributed by atoms with Gasteiger partial charge in [-0.15, -0.1) is 10.2 Å². The van der Waals surface area contributed by atoms with Crippen LogP contribution in [0.2, 0.25) is 0 Å². The molecule has 4 rings (SSSR count). The van der Waals surface area contributed by atoms with Crippen LogP contribution < -0.4 is 10.2 Å². The van der Waals surface area contributed by atoms with Crippen LogP contribution in [-0.4, -0.2) is 44.4 Å². The normalized spacial score (nSPS) is 16.7. The number of rotatable bonds is 7. The largest absolute Gasteiger partial charge is 0.341 e. The van der Waals surface area contributed by atoms with Crippen molar-refractivity contribution in [2.45, 2.75) is 43.3 Å². The van der Waals surface area contributed by atoms with E-state index in [-0.39, 0.29) is 17.1 Å². The van der Waals surface area contributed by atoms with Crippen LogP contribution in [0.15, 0.2) is 23.4 Å². The first-order chi connectivity index (χ1) is 14.0. The molecule has 2 heterocycles. The Morgan fingerprint density at radius 3 is 2.72 bits per heavy atom. The fourth-order valence-corrected chi connectivity index (χ4v) is 4.17. The van der Waals surface area contributed by atoms with E-state index < -0.39 is 16.6 Å². The van der Waals surface area contributed by atoms with Gasteiger partial charge < -0.3 is 10.2 Å². The lowest BCUT2D eigenvalue weighted by atomic mass is 10.1. The van der Waals surface area contributed by atoms with Crippen molar-refractivity contribution in [2.24, 2.45) is 0 Å². The number of thioether (sulfide) groups is 1. The molecule has 1 aliphatic carbocycles. The number of hydrogen-bond acceptors (Lipinski definition) is 7. The molecule has 1 saturated heterocycles. The van der Waals surface area contributed by atoms with Crippen molar-refractivity contribution in [3.63, 3.8) is 0 Å². The van der Waals surface area contributed by atoms with Crippen molar-refractivity contribution >= 4 is 35.0 Å². The third kappa shape index (κ3) is 4.50. The molecule has 0 radical (unpaired) electrons. The van der Waals surface area contributed by atoms with E-state index in [1.165, 1.54) is 18.2 Å². The Labute approximate surface area is 170 Å². The van der Waals surface area contributed by atoms with Gasteiger partial charge in [0.2, 0.25) is 11.9 Å². The Bertz CT molecular complexity index is 926. The molecule has 1 aromatic heterocycles. The number of halogens is 1. The lowest BCUT2D eigenvalue weighted by Gasteiger charge is -2.27. The zero-order chi connectivity index (χ0) is 20.4. The molecule has 11 heteroatoms. The van der Waals surface area contributed by atoms with Crippen LogP contribution in [0.25, 0.3) is 0 Å². The van der Waals surface area contributed by atoms with E-state index in [2.05, 4.69) is 25.0 Å². The van der Waals surface area contributed by atoms with Crippen molar-refractivity contribution in [1.29, 1.82) is 0 Å². The highest BCUT2D eigenvalue weighted by molar-refractivity contribution is 7.99.